The number of nitrogens with zero attached hydrogens (tertiary/aromatic N) is 1. The van der Waals surface area contributed by atoms with E-state index in [9.17, 15) is 0 Å². The average Bonchev–Trinajstić information content (AvgIpc) is 2.77. The van der Waals surface area contributed by atoms with Crippen LogP contribution in [0.25, 0.3) is 0 Å². The minimum atomic E-state index is 0.0700. The highest BCUT2D eigenvalue weighted by Gasteiger charge is 2.42. The Morgan fingerprint density at radius 3 is 3.00 bits per heavy atom. The summed E-state index contributed by atoms with van der Waals surface area (Å²) in [5.74, 6) is 0. The van der Waals surface area contributed by atoms with Crippen LogP contribution in [0.15, 0.2) is 6.07 Å². The first-order valence-corrected chi connectivity index (χ1v) is 6.08. The van der Waals surface area contributed by atoms with E-state index in [2.05, 4.69) is 18.0 Å². The van der Waals surface area contributed by atoms with E-state index < -0.39 is 0 Å². The van der Waals surface area contributed by atoms with Crippen molar-refractivity contribution in [1.82, 2.24) is 4.90 Å². The van der Waals surface area contributed by atoms with E-state index in [1.54, 1.807) is 4.88 Å². The van der Waals surface area contributed by atoms with Gasteiger partial charge < -0.3 is 10.6 Å². The van der Waals surface area contributed by atoms with Gasteiger partial charge >= 0.3 is 0 Å². The van der Waals surface area contributed by atoms with Gasteiger partial charge in [0.05, 0.1) is 5.54 Å². The highest BCUT2D eigenvalue weighted by atomic mass is 32.1. The molecule has 1 aliphatic heterocycles. The molecule has 2 N–H and O–H groups in total. The number of hydrogen-bond acceptors (Lipinski definition) is 3. The Hall–Kier alpha value is -0.380. The first-order chi connectivity index (χ1) is 6.67. The second-order valence-corrected chi connectivity index (χ2v) is 5.84. The zero-order valence-electron chi connectivity index (χ0n) is 8.55. The van der Waals surface area contributed by atoms with Gasteiger partial charge in [-0.3, -0.25) is 0 Å². The third-order valence-corrected chi connectivity index (χ3v) is 4.79. The Morgan fingerprint density at radius 1 is 1.50 bits per heavy atom. The van der Waals surface area contributed by atoms with E-state index in [1.165, 1.54) is 36.2 Å². The predicted molar refractivity (Wildman–Crippen MR) is 59.5 cm³/mol. The molecule has 2 nitrogen and oxygen atoms in total. The molecule has 1 aromatic rings. The minimum Gasteiger partial charge on any atom is -0.321 e. The maximum Gasteiger partial charge on any atom is 0.0505 e. The van der Waals surface area contributed by atoms with Gasteiger partial charge in [0.2, 0.25) is 0 Å². The van der Waals surface area contributed by atoms with Crippen molar-refractivity contribution in [3.63, 3.8) is 0 Å². The average molecular weight is 208 g/mol. The molecule has 76 valence electrons. The predicted octanol–water partition coefficient (Wildman–Crippen LogP) is 1.68. The number of likely N-dealkylation sites (N-methyl/N-ethyl adjacent to an activating group) is 1. The smallest absolute Gasteiger partial charge is 0.0505 e. The summed E-state index contributed by atoms with van der Waals surface area (Å²) in [5.41, 5.74) is 7.80. The summed E-state index contributed by atoms with van der Waals surface area (Å²) in [4.78, 5) is 5.39. The lowest BCUT2D eigenvalue weighted by atomic mass is 10.1. The summed E-state index contributed by atoms with van der Waals surface area (Å²) in [6, 6.07) is 2.35. The lowest BCUT2D eigenvalue weighted by Gasteiger charge is -2.21. The lowest BCUT2D eigenvalue weighted by Crippen LogP contribution is -2.25. The molecular formula is C11H16N2S. The topological polar surface area (TPSA) is 29.3 Å². The SMILES string of the molecule is CN1CCc2sc(C3(N)CC3)cc2C1. The molecular weight excluding hydrogens is 192 g/mol. The summed E-state index contributed by atoms with van der Waals surface area (Å²) < 4.78 is 0. The van der Waals surface area contributed by atoms with Crippen molar-refractivity contribution in [2.24, 2.45) is 5.73 Å². The van der Waals surface area contributed by atoms with E-state index in [4.69, 9.17) is 5.73 Å². The van der Waals surface area contributed by atoms with E-state index >= 15 is 0 Å². The van der Waals surface area contributed by atoms with Gasteiger partial charge in [-0.25, -0.2) is 0 Å². The molecule has 0 saturated heterocycles. The second-order valence-electron chi connectivity index (χ2n) is 4.70. The minimum absolute atomic E-state index is 0.0700. The van der Waals surface area contributed by atoms with Gasteiger partial charge in [0, 0.05) is 22.8 Å². The molecule has 0 amide bonds. The fraction of sp³-hybridized carbons (Fsp3) is 0.636. The van der Waals surface area contributed by atoms with Crippen LogP contribution in [0.4, 0.5) is 0 Å². The fourth-order valence-corrected chi connectivity index (χ4v) is 3.42. The van der Waals surface area contributed by atoms with E-state index in [0.29, 0.717) is 0 Å². The number of fused-ring (bicyclic) bond motifs is 1. The molecule has 1 aliphatic carbocycles. The van der Waals surface area contributed by atoms with Crippen molar-refractivity contribution < 1.29 is 0 Å². The van der Waals surface area contributed by atoms with Crippen LogP contribution in [-0.4, -0.2) is 18.5 Å². The molecule has 3 heteroatoms. The maximum absolute atomic E-state index is 6.21. The quantitative estimate of drug-likeness (QED) is 0.761. The largest absolute Gasteiger partial charge is 0.321 e. The molecule has 0 aromatic carbocycles. The van der Waals surface area contributed by atoms with Crippen LogP contribution in [-0.2, 0) is 18.5 Å². The number of hydrogen-bond donors (Lipinski definition) is 1. The van der Waals surface area contributed by atoms with Gasteiger partial charge in [-0.05, 0) is 37.9 Å². The van der Waals surface area contributed by atoms with Crippen LogP contribution < -0.4 is 5.73 Å². The van der Waals surface area contributed by atoms with E-state index in [1.807, 2.05) is 11.3 Å². The Kier molecular flexibility index (Phi) is 1.79. The monoisotopic (exact) mass is 208 g/mol. The molecule has 0 radical (unpaired) electrons. The molecule has 1 aromatic heterocycles. The summed E-state index contributed by atoms with van der Waals surface area (Å²) in [5, 5.41) is 0. The van der Waals surface area contributed by atoms with Gasteiger partial charge in [0.15, 0.2) is 0 Å². The molecule has 1 saturated carbocycles. The molecule has 0 spiro atoms. The standard InChI is InChI=1S/C11H16N2S/c1-13-5-2-9-8(7-13)6-10(14-9)11(12)3-4-11/h6H,2-5,7,12H2,1H3. The highest BCUT2D eigenvalue weighted by Crippen LogP contribution is 2.47. The number of thiophene rings is 1. The third kappa shape index (κ3) is 1.31. The van der Waals surface area contributed by atoms with Gasteiger partial charge in [-0.15, -0.1) is 11.3 Å². The molecule has 2 aliphatic rings. The molecule has 0 atom stereocenters. The molecule has 3 rings (SSSR count). The zero-order valence-corrected chi connectivity index (χ0v) is 9.36. The summed E-state index contributed by atoms with van der Waals surface area (Å²) in [6.07, 6.45) is 3.58. The van der Waals surface area contributed by atoms with Crippen LogP contribution in [0.5, 0.6) is 0 Å². The van der Waals surface area contributed by atoms with Gasteiger partial charge in [-0.1, -0.05) is 0 Å². The second kappa shape index (κ2) is 2.81. The van der Waals surface area contributed by atoms with Gasteiger partial charge in [0.25, 0.3) is 0 Å². The van der Waals surface area contributed by atoms with Crippen molar-refractivity contribution in [2.45, 2.75) is 31.3 Å². The Morgan fingerprint density at radius 2 is 2.29 bits per heavy atom. The van der Waals surface area contributed by atoms with Crippen LogP contribution in [0, 0.1) is 0 Å². The summed E-state index contributed by atoms with van der Waals surface area (Å²) in [7, 11) is 2.19. The van der Waals surface area contributed by atoms with E-state index in [-0.39, 0.29) is 5.54 Å². The Bertz CT molecular complexity index is 365. The van der Waals surface area contributed by atoms with Gasteiger partial charge in [0.1, 0.15) is 0 Å². The number of nitrogens with two attached hydrogens (primary N) is 1. The molecule has 2 heterocycles. The molecule has 1 fully saturated rings. The molecule has 0 bridgehead atoms. The Labute approximate surface area is 88.7 Å². The van der Waals surface area contributed by atoms with Gasteiger partial charge in [-0.2, -0.15) is 0 Å². The van der Waals surface area contributed by atoms with E-state index in [0.717, 1.165) is 6.54 Å². The van der Waals surface area contributed by atoms with Crippen LogP contribution in [0.2, 0.25) is 0 Å². The lowest BCUT2D eigenvalue weighted by molar-refractivity contribution is 0.315. The summed E-state index contributed by atoms with van der Waals surface area (Å²) >= 11 is 1.96. The molecule has 14 heavy (non-hydrogen) atoms. The Balaban J connectivity index is 1.95. The third-order valence-electron chi connectivity index (χ3n) is 3.34. The zero-order chi connectivity index (χ0) is 9.76. The fourth-order valence-electron chi connectivity index (χ4n) is 2.10. The van der Waals surface area contributed by atoms with Crippen molar-refractivity contribution in [1.29, 1.82) is 0 Å². The molecule has 0 unspecified atom stereocenters. The first-order valence-electron chi connectivity index (χ1n) is 5.27. The van der Waals surface area contributed by atoms with Crippen LogP contribution in [0.1, 0.15) is 28.2 Å². The maximum atomic E-state index is 6.21. The van der Waals surface area contributed by atoms with Crippen LogP contribution in [0.3, 0.4) is 0 Å². The first kappa shape index (κ1) is 8.89. The normalized spacial score (nSPS) is 24.7. The van der Waals surface area contributed by atoms with Crippen molar-refractivity contribution in [3.8, 4) is 0 Å². The highest BCUT2D eigenvalue weighted by molar-refractivity contribution is 7.12. The van der Waals surface area contributed by atoms with Crippen molar-refractivity contribution in [3.05, 3.63) is 21.4 Å². The van der Waals surface area contributed by atoms with Crippen molar-refractivity contribution >= 4 is 11.3 Å². The number of rotatable bonds is 1. The van der Waals surface area contributed by atoms with Crippen LogP contribution >= 0.6 is 11.3 Å². The van der Waals surface area contributed by atoms with Crippen molar-refractivity contribution in [2.75, 3.05) is 13.6 Å². The summed E-state index contributed by atoms with van der Waals surface area (Å²) in [6.45, 7) is 2.31.